The molecule has 3 aliphatic rings. The first kappa shape index (κ1) is 15.2. The van der Waals surface area contributed by atoms with Crippen molar-refractivity contribution >= 4 is 23.3 Å². The van der Waals surface area contributed by atoms with Crippen LogP contribution in [0.4, 0.5) is 0 Å². The van der Waals surface area contributed by atoms with E-state index in [2.05, 4.69) is 16.3 Å². The number of hydrogen-bond donors (Lipinski definition) is 1. The Balaban J connectivity index is 1.52. The summed E-state index contributed by atoms with van der Waals surface area (Å²) in [7, 11) is 0. The Morgan fingerprint density at radius 1 is 1.43 bits per heavy atom. The van der Waals surface area contributed by atoms with Crippen LogP contribution in [0.15, 0.2) is 29.3 Å². The highest BCUT2D eigenvalue weighted by Crippen LogP contribution is 2.49. The number of nitrogens with one attached hydrogen (secondary N) is 1. The Kier molecular flexibility index (Phi) is 3.69. The molecule has 1 aromatic carbocycles. The monoisotopic (exact) mass is 331 g/mol. The highest BCUT2D eigenvalue weighted by molar-refractivity contribution is 6.30. The van der Waals surface area contributed by atoms with Gasteiger partial charge in [-0.3, -0.25) is 14.7 Å². The Hall–Kier alpha value is -1.39. The molecule has 5 heteroatoms. The summed E-state index contributed by atoms with van der Waals surface area (Å²) >= 11 is 6.09. The number of benzene rings is 1. The lowest BCUT2D eigenvalue weighted by Crippen LogP contribution is -2.44. The Bertz CT molecular complexity index is 674. The molecule has 122 valence electrons. The molecule has 2 heterocycles. The van der Waals surface area contributed by atoms with E-state index in [1.807, 2.05) is 25.1 Å². The van der Waals surface area contributed by atoms with Crippen molar-refractivity contribution in [3.63, 3.8) is 0 Å². The molecule has 4 rings (SSSR count). The normalized spacial score (nSPS) is 33.1. The molecule has 1 amide bonds. The molecule has 2 aliphatic heterocycles. The second kappa shape index (κ2) is 5.60. The van der Waals surface area contributed by atoms with Gasteiger partial charge in [0.05, 0.1) is 0 Å². The van der Waals surface area contributed by atoms with Crippen LogP contribution in [0.25, 0.3) is 0 Å². The fraction of sp³-hybridized carbons (Fsp3) is 0.556. The summed E-state index contributed by atoms with van der Waals surface area (Å²) in [6.45, 7) is 4.95. The predicted octanol–water partition coefficient (Wildman–Crippen LogP) is 2.86. The number of likely N-dealkylation sites (tertiary alicyclic amines) is 1. The van der Waals surface area contributed by atoms with Crippen molar-refractivity contribution in [3.05, 3.63) is 34.9 Å². The molecular formula is C18H22ClN3O. The average molecular weight is 332 g/mol. The van der Waals surface area contributed by atoms with Crippen LogP contribution < -0.4 is 5.32 Å². The molecule has 0 aromatic heterocycles. The minimum atomic E-state index is -0.487. The molecule has 4 nitrogen and oxygen atoms in total. The minimum Gasteiger partial charge on any atom is -0.312 e. The number of halogens is 1. The lowest BCUT2D eigenvalue weighted by Gasteiger charge is -2.25. The number of amides is 1. The van der Waals surface area contributed by atoms with Crippen LogP contribution in [0.5, 0.6) is 0 Å². The molecule has 23 heavy (non-hydrogen) atoms. The van der Waals surface area contributed by atoms with Crippen LogP contribution >= 0.6 is 11.6 Å². The maximum absolute atomic E-state index is 12.6. The Morgan fingerprint density at radius 2 is 2.30 bits per heavy atom. The molecule has 1 saturated heterocycles. The van der Waals surface area contributed by atoms with E-state index in [4.69, 9.17) is 16.6 Å². The third kappa shape index (κ3) is 2.48. The lowest BCUT2D eigenvalue weighted by molar-refractivity contribution is -0.125. The van der Waals surface area contributed by atoms with Gasteiger partial charge in [-0.1, -0.05) is 30.7 Å². The quantitative estimate of drug-likeness (QED) is 0.925. The molecule has 1 N–H and O–H groups in total. The number of aliphatic imine (C=N–C) groups is 1. The van der Waals surface area contributed by atoms with Crippen LogP contribution in [0.3, 0.4) is 0 Å². The number of hydrogen-bond acceptors (Lipinski definition) is 3. The zero-order valence-electron chi connectivity index (χ0n) is 13.4. The van der Waals surface area contributed by atoms with Gasteiger partial charge in [-0.05, 0) is 36.5 Å². The molecule has 0 unspecified atom stereocenters. The highest BCUT2D eigenvalue weighted by atomic mass is 35.5. The van der Waals surface area contributed by atoms with Gasteiger partial charge in [0.15, 0.2) is 0 Å². The number of nitrogens with zero attached hydrogens (tertiary/aromatic N) is 2. The van der Waals surface area contributed by atoms with Gasteiger partial charge < -0.3 is 5.32 Å². The van der Waals surface area contributed by atoms with Gasteiger partial charge in [0.25, 0.3) is 5.91 Å². The number of rotatable bonds is 3. The van der Waals surface area contributed by atoms with Crippen molar-refractivity contribution in [2.24, 2.45) is 16.8 Å². The van der Waals surface area contributed by atoms with E-state index < -0.39 is 5.54 Å². The van der Waals surface area contributed by atoms with Crippen molar-refractivity contribution in [3.8, 4) is 0 Å². The van der Waals surface area contributed by atoms with Crippen molar-refractivity contribution < 1.29 is 4.79 Å². The van der Waals surface area contributed by atoms with Gasteiger partial charge in [0.2, 0.25) is 0 Å². The first-order valence-corrected chi connectivity index (χ1v) is 8.85. The Labute approximate surface area is 141 Å². The van der Waals surface area contributed by atoms with E-state index in [9.17, 15) is 4.79 Å². The average Bonchev–Trinajstić information content (AvgIpc) is 3.16. The summed E-state index contributed by atoms with van der Waals surface area (Å²) in [5, 5.41) is 3.78. The largest absolute Gasteiger partial charge is 0.312 e. The lowest BCUT2D eigenvalue weighted by atomic mass is 9.85. The minimum absolute atomic E-state index is 0.131. The standard InChI is InChI=1S/C18H22ClN3O/c1-2-16-20-17(23)18(21-16)7-6-13-10-22(11-15(13)18)9-12-4-3-5-14(19)8-12/h3-5,8,13,15H,2,6-7,9-11H2,1H3,(H,20,21,23)/t13-,15+,18-/m0/s1. The van der Waals surface area contributed by atoms with Gasteiger partial charge in [-0.25, -0.2) is 0 Å². The number of fused-ring (bicyclic) bond motifs is 2. The van der Waals surface area contributed by atoms with E-state index in [-0.39, 0.29) is 5.91 Å². The number of carbonyl (C=O) groups excluding carboxylic acids is 1. The molecular weight excluding hydrogens is 310 g/mol. The fourth-order valence-electron chi connectivity index (χ4n) is 4.55. The van der Waals surface area contributed by atoms with E-state index in [0.717, 1.165) is 49.8 Å². The number of amidine groups is 1. The molecule has 1 aliphatic carbocycles. The van der Waals surface area contributed by atoms with E-state index in [1.165, 1.54) is 5.56 Å². The molecule has 0 bridgehead atoms. The predicted molar refractivity (Wildman–Crippen MR) is 91.5 cm³/mol. The maximum atomic E-state index is 12.6. The zero-order valence-corrected chi connectivity index (χ0v) is 14.1. The summed E-state index contributed by atoms with van der Waals surface area (Å²) in [4.78, 5) is 19.8. The van der Waals surface area contributed by atoms with Gasteiger partial charge in [-0.15, -0.1) is 0 Å². The second-order valence-corrected chi connectivity index (χ2v) is 7.46. The zero-order chi connectivity index (χ0) is 16.0. The first-order valence-electron chi connectivity index (χ1n) is 8.47. The summed E-state index contributed by atoms with van der Waals surface area (Å²) < 4.78 is 0. The third-order valence-electron chi connectivity index (χ3n) is 5.64. The van der Waals surface area contributed by atoms with Crippen LogP contribution in [-0.2, 0) is 11.3 Å². The summed E-state index contributed by atoms with van der Waals surface area (Å²) in [5.41, 5.74) is 0.749. The SMILES string of the molecule is CCC1=N[C@]2(CC[C@H]3CN(Cc4cccc(Cl)c4)C[C@H]32)C(=O)N1. The first-order chi connectivity index (χ1) is 11.1. The van der Waals surface area contributed by atoms with Crippen molar-refractivity contribution in [2.75, 3.05) is 13.1 Å². The van der Waals surface area contributed by atoms with Gasteiger partial charge in [-0.2, -0.15) is 0 Å². The fourth-order valence-corrected chi connectivity index (χ4v) is 4.77. The van der Waals surface area contributed by atoms with Gasteiger partial charge in [0.1, 0.15) is 11.4 Å². The molecule has 2 fully saturated rings. The van der Waals surface area contributed by atoms with Crippen LogP contribution in [0.1, 0.15) is 31.7 Å². The summed E-state index contributed by atoms with van der Waals surface area (Å²) in [6.07, 6.45) is 2.81. The van der Waals surface area contributed by atoms with E-state index in [0.29, 0.717) is 11.8 Å². The number of carbonyl (C=O) groups is 1. The molecule has 1 spiro atoms. The molecule has 3 atom stereocenters. The van der Waals surface area contributed by atoms with Crippen molar-refractivity contribution in [1.82, 2.24) is 10.2 Å². The van der Waals surface area contributed by atoms with E-state index >= 15 is 0 Å². The van der Waals surface area contributed by atoms with Gasteiger partial charge >= 0.3 is 0 Å². The van der Waals surface area contributed by atoms with Crippen LogP contribution in [0.2, 0.25) is 5.02 Å². The molecule has 1 saturated carbocycles. The second-order valence-electron chi connectivity index (χ2n) is 7.02. The highest BCUT2D eigenvalue weighted by Gasteiger charge is 2.58. The topological polar surface area (TPSA) is 44.7 Å². The smallest absolute Gasteiger partial charge is 0.253 e. The van der Waals surface area contributed by atoms with Gasteiger partial charge in [0, 0.05) is 37.0 Å². The van der Waals surface area contributed by atoms with E-state index in [1.54, 1.807) is 0 Å². The molecule has 0 radical (unpaired) electrons. The van der Waals surface area contributed by atoms with Crippen LogP contribution in [0, 0.1) is 11.8 Å². The third-order valence-corrected chi connectivity index (χ3v) is 5.88. The Morgan fingerprint density at radius 3 is 3.04 bits per heavy atom. The van der Waals surface area contributed by atoms with Crippen molar-refractivity contribution in [2.45, 2.75) is 38.3 Å². The molecule has 1 aromatic rings. The van der Waals surface area contributed by atoms with Crippen molar-refractivity contribution in [1.29, 1.82) is 0 Å². The summed E-state index contributed by atoms with van der Waals surface area (Å²) in [6, 6.07) is 8.05. The maximum Gasteiger partial charge on any atom is 0.253 e. The van der Waals surface area contributed by atoms with Crippen LogP contribution in [-0.4, -0.2) is 35.3 Å². The summed E-state index contributed by atoms with van der Waals surface area (Å²) in [5.74, 6) is 1.93.